The minimum absolute atomic E-state index is 0.106. The molecule has 3 atom stereocenters. The first kappa shape index (κ1) is 22.6. The summed E-state index contributed by atoms with van der Waals surface area (Å²) in [5, 5.41) is 0. The van der Waals surface area contributed by atoms with Crippen molar-refractivity contribution in [1.82, 2.24) is 14.8 Å². The van der Waals surface area contributed by atoms with Crippen molar-refractivity contribution in [1.29, 1.82) is 0 Å². The van der Waals surface area contributed by atoms with Crippen LogP contribution in [-0.4, -0.2) is 65.4 Å². The van der Waals surface area contributed by atoms with Crippen LogP contribution in [0, 0.1) is 17.8 Å². The summed E-state index contributed by atoms with van der Waals surface area (Å²) in [6.45, 7) is 4.45. The van der Waals surface area contributed by atoms with Gasteiger partial charge in [-0.2, -0.15) is 0 Å². The van der Waals surface area contributed by atoms with Gasteiger partial charge in [0.2, 0.25) is 5.91 Å². The number of amides is 2. The molecule has 2 bridgehead atoms. The van der Waals surface area contributed by atoms with Crippen LogP contribution in [-0.2, 0) is 11.2 Å². The smallest absolute Gasteiger partial charge is 0.255 e. The molecule has 4 aliphatic heterocycles. The van der Waals surface area contributed by atoms with Gasteiger partial charge in [-0.1, -0.05) is 30.3 Å². The van der Waals surface area contributed by atoms with Crippen LogP contribution in [0.5, 0.6) is 0 Å². The van der Waals surface area contributed by atoms with Crippen molar-refractivity contribution < 1.29 is 9.59 Å². The molecule has 6 nitrogen and oxygen atoms in total. The van der Waals surface area contributed by atoms with E-state index in [-0.39, 0.29) is 5.91 Å². The average Bonchev–Trinajstić information content (AvgIpc) is 2.90. The molecule has 6 heteroatoms. The number of anilines is 1. The van der Waals surface area contributed by atoms with Crippen LogP contribution in [0.4, 0.5) is 5.82 Å². The summed E-state index contributed by atoms with van der Waals surface area (Å²) >= 11 is 0. The molecule has 1 aromatic heterocycles. The van der Waals surface area contributed by atoms with Crippen LogP contribution in [0.15, 0.2) is 48.7 Å². The standard InChI is InChI=1S/C29H36N4O2/c34-28-8-4-7-26-25-16-23(19-33(26)28)18-32(20-25)27-10-9-24(17-30-27)29(35)31-13-11-22(12-14-31)15-21-5-2-1-3-6-21/h1-3,5-6,9-10,17,22-23,25-26H,4,7-8,11-16,18-20H2/t23?,25?,26-/m1/s1. The van der Waals surface area contributed by atoms with Gasteiger partial charge in [0.05, 0.1) is 5.56 Å². The van der Waals surface area contributed by atoms with E-state index in [0.717, 1.165) is 77.1 Å². The van der Waals surface area contributed by atoms with Crippen LogP contribution in [0.1, 0.15) is 54.4 Å². The van der Waals surface area contributed by atoms with Crippen LogP contribution < -0.4 is 4.90 Å². The van der Waals surface area contributed by atoms with Gasteiger partial charge in [0.25, 0.3) is 5.91 Å². The minimum Gasteiger partial charge on any atom is -0.356 e. The van der Waals surface area contributed by atoms with E-state index in [4.69, 9.17) is 4.98 Å². The molecular weight excluding hydrogens is 436 g/mol. The van der Waals surface area contributed by atoms with Crippen molar-refractivity contribution >= 4 is 17.6 Å². The highest BCUT2D eigenvalue weighted by Crippen LogP contribution is 2.39. The zero-order valence-corrected chi connectivity index (χ0v) is 20.5. The normalized spacial score (nSPS) is 27.0. The lowest BCUT2D eigenvalue weighted by Gasteiger charge is -2.52. The van der Waals surface area contributed by atoms with Crippen LogP contribution in [0.25, 0.3) is 0 Å². The maximum absolute atomic E-state index is 13.1. The van der Waals surface area contributed by atoms with E-state index >= 15 is 0 Å². The van der Waals surface area contributed by atoms with Gasteiger partial charge in [-0.3, -0.25) is 9.59 Å². The Labute approximate surface area is 208 Å². The largest absolute Gasteiger partial charge is 0.356 e. The number of piperidine rings is 4. The lowest BCUT2D eigenvalue weighted by atomic mass is 9.76. The minimum atomic E-state index is 0.106. The van der Waals surface area contributed by atoms with E-state index in [1.165, 1.54) is 12.0 Å². The molecule has 0 saturated carbocycles. The molecule has 4 fully saturated rings. The third kappa shape index (κ3) is 4.67. The van der Waals surface area contributed by atoms with Gasteiger partial charge in [0.15, 0.2) is 0 Å². The molecule has 184 valence electrons. The molecule has 4 saturated heterocycles. The van der Waals surface area contributed by atoms with Gasteiger partial charge in [0, 0.05) is 51.4 Å². The maximum atomic E-state index is 13.1. The number of fused-ring (bicyclic) bond motifs is 4. The van der Waals surface area contributed by atoms with E-state index in [1.54, 1.807) is 6.20 Å². The second-order valence-electron chi connectivity index (χ2n) is 11.1. The van der Waals surface area contributed by atoms with Crippen molar-refractivity contribution in [2.24, 2.45) is 17.8 Å². The lowest BCUT2D eigenvalue weighted by Crippen LogP contribution is -2.60. The molecular formula is C29H36N4O2. The van der Waals surface area contributed by atoms with Crippen molar-refractivity contribution in [3.63, 3.8) is 0 Å². The van der Waals surface area contributed by atoms with E-state index < -0.39 is 0 Å². The Kier molecular flexibility index (Phi) is 6.21. The Morgan fingerprint density at radius 2 is 1.80 bits per heavy atom. The lowest BCUT2D eigenvalue weighted by molar-refractivity contribution is -0.142. The maximum Gasteiger partial charge on any atom is 0.255 e. The summed E-state index contributed by atoms with van der Waals surface area (Å²) in [5.41, 5.74) is 2.08. The summed E-state index contributed by atoms with van der Waals surface area (Å²) in [7, 11) is 0. The second kappa shape index (κ2) is 9.63. The first-order chi connectivity index (χ1) is 17.1. The third-order valence-corrected chi connectivity index (χ3v) is 8.77. The third-order valence-electron chi connectivity index (χ3n) is 8.77. The van der Waals surface area contributed by atoms with Gasteiger partial charge in [-0.15, -0.1) is 0 Å². The van der Waals surface area contributed by atoms with Crippen LogP contribution in [0.3, 0.4) is 0 Å². The number of hydrogen-bond donors (Lipinski definition) is 0. The molecule has 35 heavy (non-hydrogen) atoms. The number of nitrogens with zero attached hydrogens (tertiary/aromatic N) is 4. The summed E-state index contributed by atoms with van der Waals surface area (Å²) in [6, 6.07) is 15.1. The SMILES string of the molecule is O=C(c1ccc(N2CC3CC(C2)[C@H]2CCCC(=O)N2C3)nc1)N1CCC(Cc2ccccc2)CC1. The van der Waals surface area contributed by atoms with Gasteiger partial charge >= 0.3 is 0 Å². The number of carbonyl (C=O) groups excluding carboxylic acids is 2. The van der Waals surface area contributed by atoms with Gasteiger partial charge in [0.1, 0.15) is 5.82 Å². The van der Waals surface area contributed by atoms with E-state index in [1.807, 2.05) is 17.0 Å². The average molecular weight is 473 g/mol. The summed E-state index contributed by atoms with van der Waals surface area (Å²) < 4.78 is 0. The Morgan fingerprint density at radius 3 is 2.57 bits per heavy atom. The van der Waals surface area contributed by atoms with Crippen molar-refractivity contribution in [2.75, 3.05) is 37.6 Å². The van der Waals surface area contributed by atoms with Crippen molar-refractivity contribution in [3.8, 4) is 0 Å². The van der Waals surface area contributed by atoms with E-state index in [2.05, 4.69) is 40.1 Å². The predicted molar refractivity (Wildman–Crippen MR) is 136 cm³/mol. The number of benzene rings is 1. The number of aromatic nitrogens is 1. The topological polar surface area (TPSA) is 56.8 Å². The monoisotopic (exact) mass is 472 g/mol. The fraction of sp³-hybridized carbons (Fsp3) is 0.552. The number of pyridine rings is 1. The zero-order valence-electron chi connectivity index (χ0n) is 20.5. The van der Waals surface area contributed by atoms with Crippen LogP contribution >= 0.6 is 0 Å². The Balaban J connectivity index is 1.05. The number of likely N-dealkylation sites (tertiary alicyclic amines) is 1. The van der Waals surface area contributed by atoms with Crippen LogP contribution in [0.2, 0.25) is 0 Å². The fourth-order valence-electron chi connectivity index (χ4n) is 6.97. The number of hydrogen-bond acceptors (Lipinski definition) is 4. The molecule has 5 heterocycles. The molecule has 6 rings (SSSR count). The molecule has 0 N–H and O–H groups in total. The summed E-state index contributed by atoms with van der Waals surface area (Å²) in [4.78, 5) is 36.8. The Bertz CT molecular complexity index is 1050. The highest BCUT2D eigenvalue weighted by atomic mass is 16.2. The molecule has 4 aliphatic rings. The van der Waals surface area contributed by atoms with Crippen molar-refractivity contribution in [2.45, 2.75) is 51.0 Å². The molecule has 0 spiro atoms. The molecule has 2 unspecified atom stereocenters. The predicted octanol–water partition coefficient (Wildman–Crippen LogP) is 4.01. The highest BCUT2D eigenvalue weighted by Gasteiger charge is 2.44. The number of carbonyl (C=O) groups is 2. The van der Waals surface area contributed by atoms with E-state index in [0.29, 0.717) is 35.3 Å². The second-order valence-corrected chi connectivity index (χ2v) is 11.1. The highest BCUT2D eigenvalue weighted by molar-refractivity contribution is 5.94. The number of rotatable bonds is 4. The summed E-state index contributed by atoms with van der Waals surface area (Å²) in [6.07, 6.45) is 9.10. The van der Waals surface area contributed by atoms with Crippen molar-refractivity contribution in [3.05, 3.63) is 59.8 Å². The molecule has 0 radical (unpaired) electrons. The van der Waals surface area contributed by atoms with Gasteiger partial charge in [-0.25, -0.2) is 4.98 Å². The quantitative estimate of drug-likeness (QED) is 0.675. The zero-order chi connectivity index (χ0) is 23.8. The summed E-state index contributed by atoms with van der Waals surface area (Å²) in [5.74, 6) is 3.13. The first-order valence-corrected chi connectivity index (χ1v) is 13.5. The Morgan fingerprint density at radius 1 is 0.971 bits per heavy atom. The van der Waals surface area contributed by atoms with Gasteiger partial charge in [-0.05, 0) is 74.0 Å². The molecule has 1 aromatic carbocycles. The van der Waals surface area contributed by atoms with Gasteiger partial charge < -0.3 is 14.7 Å². The van der Waals surface area contributed by atoms with E-state index in [9.17, 15) is 9.59 Å². The molecule has 2 aromatic rings. The Hall–Kier alpha value is -2.89. The first-order valence-electron chi connectivity index (χ1n) is 13.5. The molecule has 0 aliphatic carbocycles. The molecule has 2 amide bonds. The fourth-order valence-corrected chi connectivity index (χ4v) is 6.97.